The number of ether oxygens (including phenoxy) is 1. The summed E-state index contributed by atoms with van der Waals surface area (Å²) >= 11 is 0. The first-order valence-corrected chi connectivity index (χ1v) is 7.70. The summed E-state index contributed by atoms with van der Waals surface area (Å²) in [5.74, 6) is 0.721. The van der Waals surface area contributed by atoms with E-state index in [9.17, 15) is 0 Å². The van der Waals surface area contributed by atoms with E-state index in [1.54, 1.807) is 0 Å². The molecule has 114 valence electrons. The summed E-state index contributed by atoms with van der Waals surface area (Å²) in [7, 11) is 0. The van der Waals surface area contributed by atoms with Crippen LogP contribution in [0, 0.1) is 11.3 Å². The molecule has 0 saturated carbocycles. The minimum Gasteiger partial charge on any atom is -0.370 e. The van der Waals surface area contributed by atoms with Crippen LogP contribution in [-0.4, -0.2) is 49.3 Å². The number of nitrogens with one attached hydrogen (secondary N) is 1. The van der Waals surface area contributed by atoms with Gasteiger partial charge < -0.3 is 10.1 Å². The standard InChI is InChI=1S/C16H34N2O/c1-13(2)8-17-10-15(4,5)11-18-9-14(3)19-16(6,7)12-18/h13-14,17H,8-12H2,1-7H3. The molecule has 0 aromatic rings. The summed E-state index contributed by atoms with van der Waals surface area (Å²) < 4.78 is 5.97. The van der Waals surface area contributed by atoms with Gasteiger partial charge in [0.2, 0.25) is 0 Å². The maximum atomic E-state index is 5.97. The summed E-state index contributed by atoms with van der Waals surface area (Å²) in [5.41, 5.74) is 0.293. The highest BCUT2D eigenvalue weighted by molar-refractivity contribution is 4.86. The van der Waals surface area contributed by atoms with E-state index in [0.29, 0.717) is 11.5 Å². The van der Waals surface area contributed by atoms with Crippen molar-refractivity contribution in [2.75, 3.05) is 32.7 Å². The third kappa shape index (κ3) is 6.73. The first-order chi connectivity index (χ1) is 8.60. The van der Waals surface area contributed by atoms with E-state index < -0.39 is 0 Å². The number of hydrogen-bond donors (Lipinski definition) is 1. The van der Waals surface area contributed by atoms with Gasteiger partial charge >= 0.3 is 0 Å². The lowest BCUT2D eigenvalue weighted by Gasteiger charge is -2.44. The van der Waals surface area contributed by atoms with Crippen LogP contribution in [0.4, 0.5) is 0 Å². The molecule has 0 amide bonds. The minimum absolute atomic E-state index is 0.0148. The molecule has 1 saturated heterocycles. The average molecular weight is 270 g/mol. The molecule has 1 atom stereocenters. The Hall–Kier alpha value is -0.120. The van der Waals surface area contributed by atoms with Crippen molar-refractivity contribution in [2.45, 2.75) is 60.2 Å². The monoisotopic (exact) mass is 270 g/mol. The first-order valence-electron chi connectivity index (χ1n) is 7.70. The zero-order chi connectivity index (χ0) is 14.7. The maximum Gasteiger partial charge on any atom is 0.0757 e. The van der Waals surface area contributed by atoms with E-state index >= 15 is 0 Å². The van der Waals surface area contributed by atoms with Crippen molar-refractivity contribution >= 4 is 0 Å². The third-order valence-corrected chi connectivity index (χ3v) is 3.45. The number of morpholine rings is 1. The molecule has 0 bridgehead atoms. The molecule has 1 aliphatic rings. The van der Waals surface area contributed by atoms with Crippen LogP contribution in [0.25, 0.3) is 0 Å². The summed E-state index contributed by atoms with van der Waals surface area (Å²) in [6.07, 6.45) is 0.336. The quantitative estimate of drug-likeness (QED) is 0.803. The molecule has 1 heterocycles. The van der Waals surface area contributed by atoms with Gasteiger partial charge in [-0.3, -0.25) is 4.90 Å². The zero-order valence-electron chi connectivity index (χ0n) is 14.0. The van der Waals surface area contributed by atoms with Crippen LogP contribution in [0.3, 0.4) is 0 Å². The molecule has 3 nitrogen and oxygen atoms in total. The topological polar surface area (TPSA) is 24.5 Å². The number of rotatable bonds is 6. The molecular weight excluding hydrogens is 236 g/mol. The van der Waals surface area contributed by atoms with Gasteiger partial charge in [-0.05, 0) is 38.6 Å². The van der Waals surface area contributed by atoms with E-state index in [0.717, 1.165) is 38.6 Å². The van der Waals surface area contributed by atoms with Crippen molar-refractivity contribution in [1.29, 1.82) is 0 Å². The highest BCUT2D eigenvalue weighted by Crippen LogP contribution is 2.24. The molecule has 0 spiro atoms. The molecule has 3 heteroatoms. The molecule has 1 aliphatic heterocycles. The van der Waals surface area contributed by atoms with E-state index in [4.69, 9.17) is 4.74 Å². The Kier molecular flexibility index (Phi) is 5.84. The second-order valence-corrected chi connectivity index (χ2v) is 8.05. The largest absolute Gasteiger partial charge is 0.370 e. The van der Waals surface area contributed by atoms with Crippen molar-refractivity contribution in [3.05, 3.63) is 0 Å². The summed E-state index contributed by atoms with van der Waals surface area (Å²) in [6.45, 7) is 21.2. The van der Waals surface area contributed by atoms with Crippen molar-refractivity contribution in [3.8, 4) is 0 Å². The molecule has 1 fully saturated rings. The summed E-state index contributed by atoms with van der Waals surface area (Å²) in [5, 5.41) is 3.59. The lowest BCUT2D eigenvalue weighted by molar-refractivity contribution is -0.133. The molecule has 1 unspecified atom stereocenters. The predicted molar refractivity (Wildman–Crippen MR) is 82.6 cm³/mol. The molecule has 0 aromatic carbocycles. The maximum absolute atomic E-state index is 5.97. The fourth-order valence-electron chi connectivity index (χ4n) is 3.07. The lowest BCUT2D eigenvalue weighted by atomic mass is 9.91. The Balaban J connectivity index is 2.43. The van der Waals surface area contributed by atoms with Gasteiger partial charge in [-0.25, -0.2) is 0 Å². The van der Waals surface area contributed by atoms with Crippen LogP contribution in [0.15, 0.2) is 0 Å². The van der Waals surface area contributed by atoms with E-state index in [-0.39, 0.29) is 5.60 Å². The smallest absolute Gasteiger partial charge is 0.0757 e. The van der Waals surface area contributed by atoms with Gasteiger partial charge in [0.25, 0.3) is 0 Å². The Bertz CT molecular complexity index is 274. The second-order valence-electron chi connectivity index (χ2n) is 8.05. The van der Waals surface area contributed by atoms with Crippen LogP contribution in [0.1, 0.15) is 48.5 Å². The van der Waals surface area contributed by atoms with Gasteiger partial charge in [0.15, 0.2) is 0 Å². The van der Waals surface area contributed by atoms with Crippen molar-refractivity contribution in [3.63, 3.8) is 0 Å². The van der Waals surface area contributed by atoms with E-state index in [2.05, 4.69) is 58.7 Å². The minimum atomic E-state index is -0.0148. The number of hydrogen-bond acceptors (Lipinski definition) is 3. The van der Waals surface area contributed by atoms with Crippen LogP contribution in [0.5, 0.6) is 0 Å². The van der Waals surface area contributed by atoms with Crippen LogP contribution in [-0.2, 0) is 4.74 Å². The third-order valence-electron chi connectivity index (χ3n) is 3.45. The van der Waals surface area contributed by atoms with Crippen LogP contribution >= 0.6 is 0 Å². The fourth-order valence-corrected chi connectivity index (χ4v) is 3.07. The Morgan fingerprint density at radius 1 is 1.37 bits per heavy atom. The lowest BCUT2D eigenvalue weighted by Crippen LogP contribution is -2.54. The van der Waals surface area contributed by atoms with Gasteiger partial charge in [-0.1, -0.05) is 27.7 Å². The van der Waals surface area contributed by atoms with Gasteiger partial charge in [-0.15, -0.1) is 0 Å². The Labute approximate surface area is 120 Å². The normalized spacial score (nSPS) is 24.9. The molecule has 0 aliphatic carbocycles. The van der Waals surface area contributed by atoms with Crippen molar-refractivity contribution in [1.82, 2.24) is 10.2 Å². The predicted octanol–water partition coefficient (Wildman–Crippen LogP) is 2.76. The summed E-state index contributed by atoms with van der Waals surface area (Å²) in [4.78, 5) is 2.56. The van der Waals surface area contributed by atoms with E-state index in [1.165, 1.54) is 0 Å². The zero-order valence-corrected chi connectivity index (χ0v) is 14.0. The van der Waals surface area contributed by atoms with Crippen molar-refractivity contribution in [2.24, 2.45) is 11.3 Å². The van der Waals surface area contributed by atoms with Crippen LogP contribution < -0.4 is 5.32 Å². The van der Waals surface area contributed by atoms with Gasteiger partial charge in [0.05, 0.1) is 11.7 Å². The first kappa shape index (κ1) is 16.9. The van der Waals surface area contributed by atoms with Gasteiger partial charge in [-0.2, -0.15) is 0 Å². The molecule has 1 N–H and O–H groups in total. The average Bonchev–Trinajstić information content (AvgIpc) is 2.10. The molecule has 19 heavy (non-hydrogen) atoms. The highest BCUT2D eigenvalue weighted by atomic mass is 16.5. The molecule has 0 aromatic heterocycles. The molecule has 0 radical (unpaired) electrons. The summed E-state index contributed by atoms with van der Waals surface area (Å²) in [6, 6.07) is 0. The fraction of sp³-hybridized carbons (Fsp3) is 1.00. The van der Waals surface area contributed by atoms with Gasteiger partial charge in [0.1, 0.15) is 0 Å². The van der Waals surface area contributed by atoms with Crippen LogP contribution in [0.2, 0.25) is 0 Å². The SMILES string of the molecule is CC(C)CNCC(C)(C)CN1CC(C)OC(C)(C)C1. The van der Waals surface area contributed by atoms with Crippen molar-refractivity contribution < 1.29 is 4.74 Å². The second kappa shape index (κ2) is 6.55. The Morgan fingerprint density at radius 2 is 2.00 bits per heavy atom. The van der Waals surface area contributed by atoms with Gasteiger partial charge in [0, 0.05) is 26.2 Å². The molecule has 1 rings (SSSR count). The molecular formula is C16H34N2O. The van der Waals surface area contributed by atoms with E-state index in [1.807, 2.05) is 0 Å². The Morgan fingerprint density at radius 3 is 2.53 bits per heavy atom. The number of nitrogens with zero attached hydrogens (tertiary/aromatic N) is 1. The highest BCUT2D eigenvalue weighted by Gasteiger charge is 2.33.